The van der Waals surface area contributed by atoms with Crippen molar-refractivity contribution < 1.29 is 19.0 Å². The van der Waals surface area contributed by atoms with E-state index in [0.29, 0.717) is 10.2 Å². The lowest BCUT2D eigenvalue weighted by atomic mass is 10.2. The molecule has 0 radical (unpaired) electrons. The zero-order valence-corrected chi connectivity index (χ0v) is 16.0. The second-order valence-corrected chi connectivity index (χ2v) is 7.80. The fourth-order valence-corrected chi connectivity index (χ4v) is 3.09. The van der Waals surface area contributed by atoms with Crippen LogP contribution in [0.4, 0.5) is 15.6 Å². The van der Waals surface area contributed by atoms with Crippen LogP contribution in [0.1, 0.15) is 20.8 Å². The first-order valence-corrected chi connectivity index (χ1v) is 9.27. The lowest BCUT2D eigenvalue weighted by molar-refractivity contribution is 0.0636. The molecule has 2 heterocycles. The van der Waals surface area contributed by atoms with Gasteiger partial charge in [-0.1, -0.05) is 11.3 Å². The molecule has 0 saturated carbocycles. The first kappa shape index (κ1) is 18.5. The number of ether oxygens (including phenoxy) is 3. The smallest absolute Gasteiger partial charge is 0.413 e. The van der Waals surface area contributed by atoms with Crippen LogP contribution < -0.4 is 15.0 Å². The second kappa shape index (κ2) is 7.92. The molecule has 1 fully saturated rings. The highest BCUT2D eigenvalue weighted by atomic mass is 32.1. The van der Waals surface area contributed by atoms with Crippen molar-refractivity contribution in [3.8, 4) is 10.8 Å². The molecule has 1 aliphatic rings. The van der Waals surface area contributed by atoms with Gasteiger partial charge < -0.3 is 19.1 Å². The predicted octanol–water partition coefficient (Wildman–Crippen LogP) is 4.12. The highest BCUT2D eigenvalue weighted by Gasteiger charge is 2.17. The zero-order valence-electron chi connectivity index (χ0n) is 15.2. The summed E-state index contributed by atoms with van der Waals surface area (Å²) in [5.74, 6) is 0.717. The normalized spacial score (nSPS) is 14.8. The molecule has 0 atom stereocenters. The van der Waals surface area contributed by atoms with Crippen molar-refractivity contribution >= 4 is 28.2 Å². The van der Waals surface area contributed by atoms with Gasteiger partial charge in [-0.3, -0.25) is 5.32 Å². The molecule has 1 amide bonds. The van der Waals surface area contributed by atoms with E-state index in [1.54, 1.807) is 6.20 Å². The molecule has 26 heavy (non-hydrogen) atoms. The number of benzene rings is 1. The number of amides is 1. The molecule has 1 N–H and O–H groups in total. The highest BCUT2D eigenvalue weighted by Crippen LogP contribution is 2.31. The number of nitrogens with zero attached hydrogens (tertiary/aromatic N) is 2. The third kappa shape index (κ3) is 5.34. The van der Waals surface area contributed by atoms with Crippen LogP contribution in [0, 0.1) is 0 Å². The van der Waals surface area contributed by atoms with Gasteiger partial charge in [-0.25, -0.2) is 9.78 Å². The molecular weight excluding hydrogens is 354 g/mol. The molecule has 1 aromatic heterocycles. The van der Waals surface area contributed by atoms with Crippen molar-refractivity contribution in [3.05, 3.63) is 30.5 Å². The Labute approximate surface area is 156 Å². The second-order valence-electron chi connectivity index (χ2n) is 6.81. The summed E-state index contributed by atoms with van der Waals surface area (Å²) in [4.78, 5) is 18.2. The summed E-state index contributed by atoms with van der Waals surface area (Å²) >= 11 is 1.24. The van der Waals surface area contributed by atoms with Crippen molar-refractivity contribution in [2.45, 2.75) is 26.4 Å². The molecule has 140 valence electrons. The Hall–Kier alpha value is -2.32. The summed E-state index contributed by atoms with van der Waals surface area (Å²) in [5.41, 5.74) is 0.598. The maximum absolute atomic E-state index is 11.8. The Kier molecular flexibility index (Phi) is 5.63. The topological polar surface area (TPSA) is 72.9 Å². The number of morpholine rings is 1. The number of aromatic nitrogens is 1. The van der Waals surface area contributed by atoms with Crippen LogP contribution in [0.3, 0.4) is 0 Å². The molecule has 7 nitrogen and oxygen atoms in total. The minimum atomic E-state index is -0.553. The molecular formula is C18H23N3O4S. The van der Waals surface area contributed by atoms with Gasteiger partial charge in [0, 0.05) is 18.8 Å². The number of hydrogen-bond acceptors (Lipinski definition) is 7. The summed E-state index contributed by atoms with van der Waals surface area (Å²) in [6, 6.07) is 7.90. The van der Waals surface area contributed by atoms with Crippen LogP contribution in [-0.4, -0.2) is 43.0 Å². The van der Waals surface area contributed by atoms with Crippen molar-refractivity contribution in [1.82, 2.24) is 4.98 Å². The summed E-state index contributed by atoms with van der Waals surface area (Å²) in [6.45, 7) is 8.74. The van der Waals surface area contributed by atoms with E-state index in [1.165, 1.54) is 11.3 Å². The average molecular weight is 377 g/mol. The number of thiazole rings is 1. The largest absolute Gasteiger partial charge is 0.445 e. The van der Waals surface area contributed by atoms with Gasteiger partial charge in [0.25, 0.3) is 0 Å². The van der Waals surface area contributed by atoms with Crippen molar-refractivity contribution in [3.63, 3.8) is 0 Å². The Bertz CT molecular complexity index is 734. The molecule has 0 aliphatic carbocycles. The Morgan fingerprint density at radius 3 is 2.58 bits per heavy atom. The van der Waals surface area contributed by atoms with Crippen LogP contribution in [-0.2, 0) is 9.47 Å². The monoisotopic (exact) mass is 377 g/mol. The molecule has 1 aliphatic heterocycles. The first-order chi connectivity index (χ1) is 12.4. The molecule has 0 unspecified atom stereocenters. The van der Waals surface area contributed by atoms with Crippen LogP contribution in [0.2, 0.25) is 0 Å². The molecule has 0 spiro atoms. The summed E-state index contributed by atoms with van der Waals surface area (Å²) in [7, 11) is 0. The van der Waals surface area contributed by atoms with Gasteiger partial charge in [-0.05, 0) is 45.0 Å². The van der Waals surface area contributed by atoms with Crippen LogP contribution in [0.15, 0.2) is 30.5 Å². The lowest BCUT2D eigenvalue weighted by Gasteiger charge is -2.28. The number of anilines is 2. The number of carbonyl (C=O) groups excluding carboxylic acids is 1. The minimum Gasteiger partial charge on any atom is -0.445 e. The number of rotatable bonds is 4. The minimum absolute atomic E-state index is 0.430. The van der Waals surface area contributed by atoms with E-state index < -0.39 is 11.7 Å². The van der Waals surface area contributed by atoms with Crippen molar-refractivity contribution in [1.29, 1.82) is 0 Å². The molecule has 1 saturated heterocycles. The van der Waals surface area contributed by atoms with Gasteiger partial charge in [0.05, 0.1) is 19.4 Å². The van der Waals surface area contributed by atoms with E-state index in [4.69, 9.17) is 14.2 Å². The SMILES string of the molecule is CC(C)(C)OC(=O)Nc1ncc(Oc2ccc(N3CCOCC3)cc2)s1. The van der Waals surface area contributed by atoms with Crippen LogP contribution >= 0.6 is 11.3 Å². The third-order valence-corrected chi connectivity index (χ3v) is 4.31. The zero-order chi connectivity index (χ0) is 18.6. The quantitative estimate of drug-likeness (QED) is 0.864. The van der Waals surface area contributed by atoms with E-state index in [0.717, 1.165) is 37.7 Å². The van der Waals surface area contributed by atoms with E-state index in [2.05, 4.69) is 15.2 Å². The third-order valence-electron chi connectivity index (χ3n) is 3.52. The van der Waals surface area contributed by atoms with E-state index >= 15 is 0 Å². The van der Waals surface area contributed by atoms with Crippen LogP contribution in [0.25, 0.3) is 0 Å². The fourth-order valence-electron chi connectivity index (χ4n) is 2.42. The lowest BCUT2D eigenvalue weighted by Crippen LogP contribution is -2.36. The van der Waals surface area contributed by atoms with Gasteiger partial charge in [-0.15, -0.1) is 0 Å². The number of hydrogen-bond donors (Lipinski definition) is 1. The average Bonchev–Trinajstić information content (AvgIpc) is 3.01. The van der Waals surface area contributed by atoms with Crippen molar-refractivity contribution in [2.75, 3.05) is 36.5 Å². The van der Waals surface area contributed by atoms with Gasteiger partial charge in [-0.2, -0.15) is 0 Å². The van der Waals surface area contributed by atoms with Gasteiger partial charge in [0.15, 0.2) is 5.13 Å². The first-order valence-electron chi connectivity index (χ1n) is 8.45. The maximum Gasteiger partial charge on any atom is 0.413 e. The van der Waals surface area contributed by atoms with E-state index in [-0.39, 0.29) is 0 Å². The highest BCUT2D eigenvalue weighted by molar-refractivity contribution is 7.17. The molecule has 0 bridgehead atoms. The van der Waals surface area contributed by atoms with E-state index in [9.17, 15) is 4.79 Å². The van der Waals surface area contributed by atoms with E-state index in [1.807, 2.05) is 45.0 Å². The van der Waals surface area contributed by atoms with Gasteiger partial charge in [0.2, 0.25) is 5.06 Å². The summed E-state index contributed by atoms with van der Waals surface area (Å²) < 4.78 is 16.4. The maximum atomic E-state index is 11.8. The number of carbonyl (C=O) groups is 1. The Morgan fingerprint density at radius 2 is 1.92 bits per heavy atom. The number of nitrogens with one attached hydrogen (secondary N) is 1. The molecule has 8 heteroatoms. The summed E-state index contributed by atoms with van der Waals surface area (Å²) in [5, 5.41) is 3.63. The molecule has 1 aromatic carbocycles. The van der Waals surface area contributed by atoms with Crippen molar-refractivity contribution in [2.24, 2.45) is 0 Å². The Balaban J connectivity index is 1.56. The standard InChI is InChI=1S/C18H23N3O4S/c1-18(2,3)25-17(22)20-16-19-12-15(26-16)24-14-6-4-13(5-7-14)21-8-10-23-11-9-21/h4-7,12H,8-11H2,1-3H3,(H,19,20,22). The predicted molar refractivity (Wildman–Crippen MR) is 102 cm³/mol. The van der Waals surface area contributed by atoms with Crippen LogP contribution in [0.5, 0.6) is 10.8 Å². The fraction of sp³-hybridized carbons (Fsp3) is 0.444. The van der Waals surface area contributed by atoms with Gasteiger partial charge >= 0.3 is 6.09 Å². The summed E-state index contributed by atoms with van der Waals surface area (Å²) in [6.07, 6.45) is 1.04. The Morgan fingerprint density at radius 1 is 1.23 bits per heavy atom. The van der Waals surface area contributed by atoms with Gasteiger partial charge in [0.1, 0.15) is 11.4 Å². The molecule has 3 rings (SSSR count). The molecule has 2 aromatic rings.